The van der Waals surface area contributed by atoms with Gasteiger partial charge in [-0.3, -0.25) is 19.2 Å². The molecule has 1 N–H and O–H groups in total. The van der Waals surface area contributed by atoms with Crippen LogP contribution in [-0.2, 0) is 19.1 Å². The topological polar surface area (TPSA) is 111 Å². The van der Waals surface area contributed by atoms with Gasteiger partial charge in [0.05, 0.1) is 26.2 Å². The van der Waals surface area contributed by atoms with Crippen LogP contribution in [0.1, 0.15) is 29.6 Å². The third-order valence-electron chi connectivity index (χ3n) is 3.93. The lowest BCUT2D eigenvalue weighted by Gasteiger charge is -2.11. The molecule has 28 heavy (non-hydrogen) atoms. The molecule has 2 amide bonds. The molecule has 2 rings (SSSR count). The molecular formula is C19H24N2O7. The minimum absolute atomic E-state index is 0.0563. The van der Waals surface area contributed by atoms with Crippen molar-refractivity contribution in [2.24, 2.45) is 0 Å². The summed E-state index contributed by atoms with van der Waals surface area (Å²) in [5, 5.41) is 2.34. The summed E-state index contributed by atoms with van der Waals surface area (Å²) in [6.45, 7) is 0.395. The standard InChI is InChI=1S/C19H24N2O7/c1-21(2)18(24)11-20-17(23)12-28-19(25)7-5-14(22)13-4-6-15-16(10-13)27-9-3-8-26-15/h4,6,10H,3,5,7-9,11-12H2,1-2H3,(H,20,23). The van der Waals surface area contributed by atoms with E-state index >= 15 is 0 Å². The highest BCUT2D eigenvalue weighted by molar-refractivity contribution is 5.98. The number of Topliss-reactive ketones (excluding diaryl/α,β-unsaturated/α-hetero) is 1. The van der Waals surface area contributed by atoms with E-state index in [0.717, 1.165) is 6.42 Å². The van der Waals surface area contributed by atoms with E-state index < -0.39 is 18.5 Å². The second-order valence-electron chi connectivity index (χ2n) is 6.36. The second kappa shape index (κ2) is 10.3. The molecule has 9 heteroatoms. The maximum Gasteiger partial charge on any atom is 0.306 e. The largest absolute Gasteiger partial charge is 0.490 e. The van der Waals surface area contributed by atoms with Gasteiger partial charge in [-0.15, -0.1) is 0 Å². The number of fused-ring (bicyclic) bond motifs is 1. The Labute approximate surface area is 162 Å². The van der Waals surface area contributed by atoms with E-state index in [-0.39, 0.29) is 31.1 Å². The van der Waals surface area contributed by atoms with Crippen LogP contribution in [0, 0.1) is 0 Å². The van der Waals surface area contributed by atoms with Gasteiger partial charge in [0, 0.05) is 32.5 Å². The number of esters is 1. The van der Waals surface area contributed by atoms with Crippen molar-refractivity contribution < 1.29 is 33.4 Å². The average Bonchev–Trinajstić information content (AvgIpc) is 2.93. The summed E-state index contributed by atoms with van der Waals surface area (Å²) in [5.74, 6) is -0.675. The lowest BCUT2D eigenvalue weighted by Crippen LogP contribution is -2.38. The Balaban J connectivity index is 1.73. The Bertz CT molecular complexity index is 746. The minimum atomic E-state index is -0.670. The number of nitrogens with zero attached hydrogens (tertiary/aromatic N) is 1. The van der Waals surface area contributed by atoms with Gasteiger partial charge in [0.25, 0.3) is 5.91 Å². The van der Waals surface area contributed by atoms with Crippen molar-refractivity contribution in [3.63, 3.8) is 0 Å². The Kier molecular flexibility index (Phi) is 7.79. The molecule has 0 bridgehead atoms. The molecule has 0 aromatic heterocycles. The summed E-state index contributed by atoms with van der Waals surface area (Å²) in [7, 11) is 3.13. The van der Waals surface area contributed by atoms with Gasteiger partial charge >= 0.3 is 5.97 Å². The van der Waals surface area contributed by atoms with Crippen LogP contribution in [-0.4, -0.2) is 68.9 Å². The minimum Gasteiger partial charge on any atom is -0.490 e. The van der Waals surface area contributed by atoms with E-state index in [1.165, 1.54) is 4.90 Å². The smallest absolute Gasteiger partial charge is 0.306 e. The molecule has 1 aromatic carbocycles. The van der Waals surface area contributed by atoms with Gasteiger partial charge in [-0.25, -0.2) is 0 Å². The van der Waals surface area contributed by atoms with E-state index in [1.54, 1.807) is 32.3 Å². The second-order valence-corrected chi connectivity index (χ2v) is 6.36. The molecule has 0 spiro atoms. The van der Waals surface area contributed by atoms with Crippen LogP contribution in [0.4, 0.5) is 0 Å². The molecule has 0 saturated carbocycles. The van der Waals surface area contributed by atoms with Gasteiger partial charge in [0.15, 0.2) is 23.9 Å². The van der Waals surface area contributed by atoms with Crippen molar-refractivity contribution in [2.75, 3.05) is 40.5 Å². The molecule has 0 saturated heterocycles. The summed E-state index contributed by atoms with van der Waals surface area (Å²) >= 11 is 0. The van der Waals surface area contributed by atoms with Gasteiger partial charge in [-0.2, -0.15) is 0 Å². The quantitative estimate of drug-likeness (QED) is 0.508. The zero-order chi connectivity index (χ0) is 20.5. The van der Waals surface area contributed by atoms with Crippen molar-refractivity contribution in [3.8, 4) is 11.5 Å². The first kappa shape index (κ1) is 21.2. The van der Waals surface area contributed by atoms with Crippen molar-refractivity contribution >= 4 is 23.6 Å². The van der Waals surface area contributed by atoms with Crippen LogP contribution in [0.3, 0.4) is 0 Å². The molecule has 0 fully saturated rings. The fourth-order valence-electron chi connectivity index (χ4n) is 2.30. The zero-order valence-electron chi connectivity index (χ0n) is 16.0. The first-order valence-corrected chi connectivity index (χ1v) is 8.92. The summed E-state index contributed by atoms with van der Waals surface area (Å²) in [6, 6.07) is 4.89. The number of hydrogen-bond donors (Lipinski definition) is 1. The Hall–Kier alpha value is -3.10. The number of carbonyl (C=O) groups excluding carboxylic acids is 4. The Morgan fingerprint density at radius 3 is 2.50 bits per heavy atom. The number of carbonyl (C=O) groups is 4. The van der Waals surface area contributed by atoms with Gasteiger partial charge < -0.3 is 24.4 Å². The molecule has 152 valence electrons. The molecule has 1 aliphatic heterocycles. The molecule has 1 aliphatic rings. The predicted molar refractivity (Wildman–Crippen MR) is 98.3 cm³/mol. The molecule has 0 aliphatic carbocycles. The van der Waals surface area contributed by atoms with Crippen LogP contribution < -0.4 is 14.8 Å². The first-order chi connectivity index (χ1) is 13.4. The fraction of sp³-hybridized carbons (Fsp3) is 0.474. The highest BCUT2D eigenvalue weighted by atomic mass is 16.5. The molecule has 1 heterocycles. The summed E-state index contributed by atoms with van der Waals surface area (Å²) < 4.78 is 15.9. The van der Waals surface area contributed by atoms with Crippen LogP contribution >= 0.6 is 0 Å². The van der Waals surface area contributed by atoms with Gasteiger partial charge in [-0.1, -0.05) is 0 Å². The summed E-state index contributed by atoms with van der Waals surface area (Å²) in [6.07, 6.45) is 0.553. The van der Waals surface area contributed by atoms with Crippen LogP contribution in [0.2, 0.25) is 0 Å². The van der Waals surface area contributed by atoms with E-state index in [9.17, 15) is 19.2 Å². The molecule has 9 nitrogen and oxygen atoms in total. The number of ketones is 1. The first-order valence-electron chi connectivity index (χ1n) is 8.92. The van der Waals surface area contributed by atoms with Crippen LogP contribution in [0.5, 0.6) is 11.5 Å². The Morgan fingerprint density at radius 2 is 1.79 bits per heavy atom. The molecular weight excluding hydrogens is 368 g/mol. The molecule has 1 aromatic rings. The number of rotatable bonds is 8. The predicted octanol–water partition coefficient (Wildman–Crippen LogP) is 0.558. The number of nitrogens with one attached hydrogen (secondary N) is 1. The highest BCUT2D eigenvalue weighted by Crippen LogP contribution is 2.30. The molecule has 0 radical (unpaired) electrons. The number of benzene rings is 1. The lowest BCUT2D eigenvalue weighted by molar-refractivity contribution is -0.148. The van der Waals surface area contributed by atoms with Crippen LogP contribution in [0.25, 0.3) is 0 Å². The molecule has 0 unspecified atom stereocenters. The summed E-state index contributed by atoms with van der Waals surface area (Å²) in [4.78, 5) is 48.2. The average molecular weight is 392 g/mol. The SMILES string of the molecule is CN(C)C(=O)CNC(=O)COC(=O)CCC(=O)c1ccc2c(c1)OCCCO2. The Morgan fingerprint density at radius 1 is 1.07 bits per heavy atom. The van der Waals surface area contributed by atoms with Gasteiger partial charge in [-0.05, 0) is 18.2 Å². The van der Waals surface area contributed by atoms with Gasteiger partial charge in [0.1, 0.15) is 0 Å². The normalized spacial score (nSPS) is 12.5. The van der Waals surface area contributed by atoms with Crippen molar-refractivity contribution in [2.45, 2.75) is 19.3 Å². The van der Waals surface area contributed by atoms with Crippen molar-refractivity contribution in [3.05, 3.63) is 23.8 Å². The zero-order valence-corrected chi connectivity index (χ0v) is 16.0. The number of ether oxygens (including phenoxy) is 3. The van der Waals surface area contributed by atoms with E-state index in [2.05, 4.69) is 5.32 Å². The third-order valence-corrected chi connectivity index (χ3v) is 3.93. The third kappa shape index (κ3) is 6.57. The van der Waals surface area contributed by atoms with E-state index in [4.69, 9.17) is 14.2 Å². The van der Waals surface area contributed by atoms with E-state index in [1.807, 2.05) is 0 Å². The summed E-state index contributed by atoms with van der Waals surface area (Å²) in [5.41, 5.74) is 0.414. The maximum absolute atomic E-state index is 12.3. The van der Waals surface area contributed by atoms with Crippen LogP contribution in [0.15, 0.2) is 18.2 Å². The van der Waals surface area contributed by atoms with Crippen molar-refractivity contribution in [1.29, 1.82) is 0 Å². The fourth-order valence-corrected chi connectivity index (χ4v) is 2.30. The monoisotopic (exact) mass is 392 g/mol. The lowest BCUT2D eigenvalue weighted by atomic mass is 10.1. The maximum atomic E-state index is 12.3. The van der Waals surface area contributed by atoms with Crippen molar-refractivity contribution in [1.82, 2.24) is 10.2 Å². The molecule has 0 atom stereocenters. The van der Waals surface area contributed by atoms with Gasteiger partial charge in [0.2, 0.25) is 5.91 Å². The number of hydrogen-bond acceptors (Lipinski definition) is 7. The highest BCUT2D eigenvalue weighted by Gasteiger charge is 2.16. The van der Waals surface area contributed by atoms with E-state index in [0.29, 0.717) is 30.3 Å². The number of amides is 2. The number of likely N-dealkylation sites (N-methyl/N-ethyl adjacent to an activating group) is 1.